The maximum absolute atomic E-state index is 12.5. The molecule has 132 valence electrons. The fraction of sp³-hybridized carbons (Fsp3) is 0.368. The zero-order valence-electron chi connectivity index (χ0n) is 14.4. The van der Waals surface area contributed by atoms with Gasteiger partial charge in [-0.1, -0.05) is 36.4 Å². The van der Waals surface area contributed by atoms with Crippen molar-refractivity contribution < 1.29 is 9.59 Å². The number of benzene rings is 1. The number of carbonyl (C=O) groups is 2. The third kappa shape index (κ3) is 4.67. The average Bonchev–Trinajstić information content (AvgIpc) is 3.16. The summed E-state index contributed by atoms with van der Waals surface area (Å²) in [5.74, 6) is 0.199. The Labute approximate surface area is 152 Å². The van der Waals surface area contributed by atoms with Gasteiger partial charge >= 0.3 is 0 Å². The van der Waals surface area contributed by atoms with Gasteiger partial charge in [0.2, 0.25) is 5.91 Å². The first-order valence-corrected chi connectivity index (χ1v) is 9.34. The molecule has 0 N–H and O–H groups in total. The van der Waals surface area contributed by atoms with Gasteiger partial charge in [0.15, 0.2) is 0 Å². The molecule has 0 bridgehead atoms. The summed E-state index contributed by atoms with van der Waals surface area (Å²) in [7, 11) is 1.96. The van der Waals surface area contributed by atoms with Crippen LogP contribution in [-0.4, -0.2) is 66.3 Å². The van der Waals surface area contributed by atoms with Gasteiger partial charge in [0.25, 0.3) is 5.91 Å². The first-order chi connectivity index (χ1) is 12.1. The second-order valence-electron chi connectivity index (χ2n) is 6.31. The molecule has 0 atom stereocenters. The summed E-state index contributed by atoms with van der Waals surface area (Å²) in [4.78, 5) is 31.3. The van der Waals surface area contributed by atoms with Gasteiger partial charge in [-0.05, 0) is 24.1 Å². The van der Waals surface area contributed by atoms with Crippen LogP contribution in [0.25, 0.3) is 0 Å². The molecular weight excluding hydrogens is 334 g/mol. The van der Waals surface area contributed by atoms with Crippen LogP contribution in [0.15, 0.2) is 47.8 Å². The highest BCUT2D eigenvalue weighted by Gasteiger charge is 2.25. The molecule has 1 aliphatic heterocycles. The van der Waals surface area contributed by atoms with E-state index in [0.717, 1.165) is 11.4 Å². The molecular formula is C19H23N3O2S. The van der Waals surface area contributed by atoms with E-state index < -0.39 is 0 Å². The molecule has 25 heavy (non-hydrogen) atoms. The van der Waals surface area contributed by atoms with E-state index >= 15 is 0 Å². The van der Waals surface area contributed by atoms with E-state index in [1.807, 2.05) is 57.5 Å². The van der Waals surface area contributed by atoms with Gasteiger partial charge in [0, 0.05) is 32.7 Å². The number of carbonyl (C=O) groups excluding carboxylic acids is 2. The largest absolute Gasteiger partial charge is 0.338 e. The molecule has 2 heterocycles. The van der Waals surface area contributed by atoms with Crippen molar-refractivity contribution in [2.75, 3.05) is 39.8 Å². The number of nitrogens with zero attached hydrogens (tertiary/aromatic N) is 3. The predicted octanol–water partition coefficient (Wildman–Crippen LogP) is 2.16. The van der Waals surface area contributed by atoms with Crippen molar-refractivity contribution in [3.63, 3.8) is 0 Å². The Kier molecular flexibility index (Phi) is 5.83. The maximum atomic E-state index is 12.5. The van der Waals surface area contributed by atoms with E-state index in [0.29, 0.717) is 32.7 Å². The molecule has 1 aromatic carbocycles. The Balaban J connectivity index is 1.46. The highest BCUT2D eigenvalue weighted by molar-refractivity contribution is 7.12. The molecule has 6 heteroatoms. The van der Waals surface area contributed by atoms with Crippen molar-refractivity contribution in [3.05, 3.63) is 58.3 Å². The van der Waals surface area contributed by atoms with E-state index in [1.54, 1.807) is 0 Å². The molecule has 2 amide bonds. The normalized spacial score (nSPS) is 14.8. The minimum Gasteiger partial charge on any atom is -0.338 e. The summed E-state index contributed by atoms with van der Waals surface area (Å²) >= 11 is 1.46. The van der Waals surface area contributed by atoms with Crippen LogP contribution >= 0.6 is 11.3 Å². The van der Waals surface area contributed by atoms with E-state index in [9.17, 15) is 9.59 Å². The van der Waals surface area contributed by atoms with E-state index in [-0.39, 0.29) is 11.8 Å². The first-order valence-electron chi connectivity index (χ1n) is 8.46. The molecule has 5 nitrogen and oxygen atoms in total. The Bertz CT molecular complexity index is 695. The van der Waals surface area contributed by atoms with Crippen LogP contribution in [0.1, 0.15) is 15.2 Å². The van der Waals surface area contributed by atoms with Crippen molar-refractivity contribution in [2.45, 2.75) is 6.54 Å². The second kappa shape index (κ2) is 8.27. The number of piperazine rings is 1. The van der Waals surface area contributed by atoms with Crippen molar-refractivity contribution in [1.82, 2.24) is 14.7 Å². The second-order valence-corrected chi connectivity index (χ2v) is 7.26. The number of hydrogen-bond acceptors (Lipinski definition) is 4. The maximum Gasteiger partial charge on any atom is 0.264 e. The Morgan fingerprint density at radius 2 is 1.68 bits per heavy atom. The van der Waals surface area contributed by atoms with Gasteiger partial charge < -0.3 is 9.80 Å². The van der Waals surface area contributed by atoms with Gasteiger partial charge in [0.1, 0.15) is 0 Å². The van der Waals surface area contributed by atoms with Crippen LogP contribution < -0.4 is 0 Å². The predicted molar refractivity (Wildman–Crippen MR) is 99.6 cm³/mol. The van der Waals surface area contributed by atoms with Gasteiger partial charge in [-0.15, -0.1) is 11.3 Å². The topological polar surface area (TPSA) is 43.9 Å². The van der Waals surface area contributed by atoms with Crippen LogP contribution in [0.3, 0.4) is 0 Å². The van der Waals surface area contributed by atoms with Crippen LogP contribution in [-0.2, 0) is 11.3 Å². The highest BCUT2D eigenvalue weighted by atomic mass is 32.1. The smallest absolute Gasteiger partial charge is 0.264 e. The van der Waals surface area contributed by atoms with Gasteiger partial charge in [-0.2, -0.15) is 0 Å². The summed E-state index contributed by atoms with van der Waals surface area (Å²) in [5, 5.41) is 1.91. The van der Waals surface area contributed by atoms with Crippen molar-refractivity contribution >= 4 is 23.2 Å². The number of likely N-dealkylation sites (N-methyl/N-ethyl adjacent to an activating group) is 1. The van der Waals surface area contributed by atoms with Gasteiger partial charge in [-0.25, -0.2) is 0 Å². The molecule has 1 fully saturated rings. The van der Waals surface area contributed by atoms with E-state index in [1.165, 1.54) is 16.9 Å². The number of thiophene rings is 1. The summed E-state index contributed by atoms with van der Waals surface area (Å²) < 4.78 is 0. The zero-order valence-corrected chi connectivity index (χ0v) is 15.2. The minimum absolute atomic E-state index is 0.0725. The molecule has 0 unspecified atom stereocenters. The summed E-state index contributed by atoms with van der Waals surface area (Å²) in [6, 6.07) is 13.9. The molecule has 1 saturated heterocycles. The monoisotopic (exact) mass is 357 g/mol. The molecule has 0 spiro atoms. The summed E-state index contributed by atoms with van der Waals surface area (Å²) in [6.45, 7) is 3.57. The molecule has 2 aromatic rings. The fourth-order valence-corrected chi connectivity index (χ4v) is 3.69. The Morgan fingerprint density at radius 3 is 2.32 bits per heavy atom. The lowest BCUT2D eigenvalue weighted by molar-refractivity contribution is -0.133. The Hall–Kier alpha value is -2.18. The fourth-order valence-electron chi connectivity index (χ4n) is 3.00. The van der Waals surface area contributed by atoms with Crippen LogP contribution in [0.4, 0.5) is 0 Å². The molecule has 0 radical (unpaired) electrons. The Morgan fingerprint density at radius 1 is 1.00 bits per heavy atom. The summed E-state index contributed by atoms with van der Waals surface area (Å²) in [6.07, 6.45) is 0. The molecule has 1 aromatic heterocycles. The lowest BCUT2D eigenvalue weighted by Crippen LogP contribution is -2.52. The van der Waals surface area contributed by atoms with Gasteiger partial charge in [0.05, 0.1) is 11.4 Å². The van der Waals surface area contributed by atoms with Crippen molar-refractivity contribution in [2.24, 2.45) is 0 Å². The third-order valence-electron chi connectivity index (χ3n) is 4.35. The first kappa shape index (κ1) is 17.6. The lowest BCUT2D eigenvalue weighted by atomic mass is 10.2. The highest BCUT2D eigenvalue weighted by Crippen LogP contribution is 2.14. The number of hydrogen-bond donors (Lipinski definition) is 0. The molecule has 3 rings (SSSR count). The molecule has 0 saturated carbocycles. The summed E-state index contributed by atoms with van der Waals surface area (Å²) in [5.41, 5.74) is 1.20. The van der Waals surface area contributed by atoms with Crippen LogP contribution in [0.2, 0.25) is 0 Å². The molecule has 0 aliphatic carbocycles. The van der Waals surface area contributed by atoms with Crippen molar-refractivity contribution in [3.8, 4) is 0 Å². The SMILES string of the molecule is CN(CC(=O)N1CCN(C(=O)c2cccs2)CC1)Cc1ccccc1. The van der Waals surface area contributed by atoms with Gasteiger partial charge in [-0.3, -0.25) is 14.5 Å². The lowest BCUT2D eigenvalue weighted by Gasteiger charge is -2.35. The van der Waals surface area contributed by atoms with E-state index in [2.05, 4.69) is 12.1 Å². The van der Waals surface area contributed by atoms with Crippen molar-refractivity contribution in [1.29, 1.82) is 0 Å². The average molecular weight is 357 g/mol. The molecule has 1 aliphatic rings. The van der Waals surface area contributed by atoms with Crippen LogP contribution in [0, 0.1) is 0 Å². The van der Waals surface area contributed by atoms with Crippen LogP contribution in [0.5, 0.6) is 0 Å². The quantitative estimate of drug-likeness (QED) is 0.824. The third-order valence-corrected chi connectivity index (χ3v) is 5.21. The minimum atomic E-state index is 0.0725. The number of amides is 2. The number of rotatable bonds is 5. The zero-order chi connectivity index (χ0) is 17.6. The van der Waals surface area contributed by atoms with E-state index in [4.69, 9.17) is 0 Å². The standard InChI is InChI=1S/C19H23N3O2S/c1-20(14-16-6-3-2-4-7-16)15-18(23)21-9-11-22(12-10-21)19(24)17-8-5-13-25-17/h2-8,13H,9-12,14-15H2,1H3.